The van der Waals surface area contributed by atoms with E-state index in [1.54, 1.807) is 11.1 Å². The fourth-order valence-corrected chi connectivity index (χ4v) is 5.35. The lowest BCUT2D eigenvalue weighted by molar-refractivity contribution is 0.467. The average Bonchev–Trinajstić information content (AvgIpc) is 3.09. The van der Waals surface area contributed by atoms with Crippen LogP contribution in [-0.2, 0) is 6.42 Å². The number of rotatable bonds is 4. The summed E-state index contributed by atoms with van der Waals surface area (Å²) in [7, 11) is 0. The van der Waals surface area contributed by atoms with Gasteiger partial charge in [-0.15, -0.1) is 11.3 Å². The number of aryl methyl sites for hydroxylation is 2. The van der Waals surface area contributed by atoms with Gasteiger partial charge in [0.15, 0.2) is 0 Å². The van der Waals surface area contributed by atoms with Gasteiger partial charge in [0.1, 0.15) is 0 Å². The van der Waals surface area contributed by atoms with Gasteiger partial charge >= 0.3 is 0 Å². The van der Waals surface area contributed by atoms with E-state index >= 15 is 0 Å². The summed E-state index contributed by atoms with van der Waals surface area (Å²) in [5, 5.41) is 3.77. The maximum atomic E-state index is 3.77. The third-order valence-electron chi connectivity index (χ3n) is 5.27. The molecule has 1 nitrogen and oxygen atoms in total. The Labute approximate surface area is 131 Å². The number of nitrogens with one attached hydrogen (secondary N) is 1. The highest BCUT2D eigenvalue weighted by molar-refractivity contribution is 7.12. The van der Waals surface area contributed by atoms with Crippen molar-refractivity contribution in [2.75, 3.05) is 6.54 Å². The Morgan fingerprint density at radius 2 is 2.10 bits per heavy atom. The van der Waals surface area contributed by atoms with Gasteiger partial charge in [-0.1, -0.05) is 31.2 Å². The lowest BCUT2D eigenvalue weighted by atomic mass is 9.92. The zero-order valence-corrected chi connectivity index (χ0v) is 13.6. The van der Waals surface area contributed by atoms with Gasteiger partial charge in [-0.2, -0.15) is 0 Å². The fraction of sp³-hybridized carbons (Fsp3) is 0.474. The molecule has 2 heteroatoms. The Morgan fingerprint density at radius 3 is 2.86 bits per heavy atom. The van der Waals surface area contributed by atoms with Gasteiger partial charge in [-0.3, -0.25) is 0 Å². The summed E-state index contributed by atoms with van der Waals surface area (Å²) in [6, 6.07) is 14.3. The van der Waals surface area contributed by atoms with Crippen molar-refractivity contribution < 1.29 is 0 Å². The van der Waals surface area contributed by atoms with Crippen molar-refractivity contribution in [3.63, 3.8) is 0 Å². The van der Waals surface area contributed by atoms with Gasteiger partial charge in [0.2, 0.25) is 0 Å². The molecule has 0 spiro atoms. The van der Waals surface area contributed by atoms with Crippen LogP contribution in [0.1, 0.15) is 46.2 Å². The van der Waals surface area contributed by atoms with E-state index in [0.29, 0.717) is 6.04 Å². The maximum Gasteiger partial charge on any atom is 0.0452 e. The van der Waals surface area contributed by atoms with Crippen LogP contribution < -0.4 is 5.32 Å². The number of hydrogen-bond donors (Lipinski definition) is 1. The van der Waals surface area contributed by atoms with E-state index in [-0.39, 0.29) is 0 Å². The Bertz CT molecular complexity index is 645. The molecule has 0 amide bonds. The van der Waals surface area contributed by atoms with E-state index in [1.807, 2.05) is 11.3 Å². The molecule has 1 saturated carbocycles. The minimum absolute atomic E-state index is 0.551. The first kappa shape index (κ1) is 13.5. The van der Waals surface area contributed by atoms with Gasteiger partial charge in [-0.25, -0.2) is 0 Å². The van der Waals surface area contributed by atoms with Crippen molar-refractivity contribution in [3.8, 4) is 0 Å². The maximum absolute atomic E-state index is 3.77. The van der Waals surface area contributed by atoms with Gasteiger partial charge < -0.3 is 5.32 Å². The molecular formula is C19H23NS. The standard InChI is InChI=1S/C19H23NS/c1-3-20-19(16-11-8-12(2)21-16)18-15-10-9-13-6-4-5-7-14(13)17(15)18/h4-8,11,15,17-20H,3,9-10H2,1-2H3. The van der Waals surface area contributed by atoms with E-state index in [9.17, 15) is 0 Å². The fourth-order valence-electron chi connectivity index (χ4n) is 4.34. The first-order valence-corrected chi connectivity index (χ1v) is 8.98. The van der Waals surface area contributed by atoms with E-state index in [4.69, 9.17) is 0 Å². The summed E-state index contributed by atoms with van der Waals surface area (Å²) < 4.78 is 0. The molecule has 2 aliphatic rings. The summed E-state index contributed by atoms with van der Waals surface area (Å²) in [5.74, 6) is 2.49. The molecule has 0 bridgehead atoms. The monoisotopic (exact) mass is 297 g/mol. The van der Waals surface area contributed by atoms with E-state index in [1.165, 1.54) is 22.6 Å². The van der Waals surface area contributed by atoms with Crippen LogP contribution in [0.4, 0.5) is 0 Å². The van der Waals surface area contributed by atoms with Crippen LogP contribution in [0, 0.1) is 18.8 Å². The molecule has 110 valence electrons. The van der Waals surface area contributed by atoms with Crippen LogP contribution in [0.25, 0.3) is 0 Å². The second kappa shape index (κ2) is 5.26. The number of benzene rings is 1. The Hall–Kier alpha value is -1.12. The van der Waals surface area contributed by atoms with Crippen LogP contribution >= 0.6 is 11.3 Å². The van der Waals surface area contributed by atoms with Crippen LogP contribution in [0.5, 0.6) is 0 Å². The summed E-state index contributed by atoms with van der Waals surface area (Å²) in [4.78, 5) is 2.96. The van der Waals surface area contributed by atoms with Crippen LogP contribution in [-0.4, -0.2) is 6.54 Å². The molecule has 1 aromatic carbocycles. The van der Waals surface area contributed by atoms with Gasteiger partial charge in [0.25, 0.3) is 0 Å². The summed E-state index contributed by atoms with van der Waals surface area (Å²) in [6.07, 6.45) is 2.65. The molecule has 2 aromatic rings. The van der Waals surface area contributed by atoms with Gasteiger partial charge in [0.05, 0.1) is 0 Å². The average molecular weight is 297 g/mol. The molecule has 1 heterocycles. The number of thiophene rings is 1. The molecule has 4 atom stereocenters. The molecule has 1 aromatic heterocycles. The van der Waals surface area contributed by atoms with Crippen molar-refractivity contribution in [3.05, 3.63) is 57.3 Å². The predicted octanol–water partition coefficient (Wildman–Crippen LogP) is 4.68. The predicted molar refractivity (Wildman–Crippen MR) is 90.0 cm³/mol. The highest BCUT2D eigenvalue weighted by Gasteiger charge is 2.56. The summed E-state index contributed by atoms with van der Waals surface area (Å²) in [5.41, 5.74) is 3.23. The lowest BCUT2D eigenvalue weighted by Gasteiger charge is -2.17. The minimum atomic E-state index is 0.551. The molecular weight excluding hydrogens is 274 g/mol. The first-order valence-electron chi connectivity index (χ1n) is 8.17. The SMILES string of the molecule is CCNC(c1ccc(C)s1)C1C2CCc3ccccc3C21. The molecule has 0 radical (unpaired) electrons. The third-order valence-corrected chi connectivity index (χ3v) is 6.35. The Kier molecular flexibility index (Phi) is 3.39. The molecule has 1 fully saturated rings. The van der Waals surface area contributed by atoms with E-state index in [0.717, 1.165) is 24.3 Å². The molecule has 1 N–H and O–H groups in total. The normalized spacial score (nSPS) is 27.8. The largest absolute Gasteiger partial charge is 0.309 e. The van der Waals surface area contributed by atoms with Crippen molar-refractivity contribution in [2.24, 2.45) is 11.8 Å². The van der Waals surface area contributed by atoms with Gasteiger partial charge in [-0.05, 0) is 67.3 Å². The molecule has 0 aliphatic heterocycles. The van der Waals surface area contributed by atoms with E-state index in [2.05, 4.69) is 55.6 Å². The smallest absolute Gasteiger partial charge is 0.0452 e. The number of fused-ring (bicyclic) bond motifs is 3. The zero-order valence-electron chi connectivity index (χ0n) is 12.8. The van der Waals surface area contributed by atoms with Crippen molar-refractivity contribution in [2.45, 2.75) is 38.6 Å². The molecule has 2 aliphatic carbocycles. The molecule has 4 unspecified atom stereocenters. The van der Waals surface area contributed by atoms with E-state index < -0.39 is 0 Å². The van der Waals surface area contributed by atoms with Gasteiger partial charge in [0, 0.05) is 15.8 Å². The molecule has 4 rings (SSSR count). The summed E-state index contributed by atoms with van der Waals surface area (Å²) >= 11 is 1.97. The quantitative estimate of drug-likeness (QED) is 0.863. The topological polar surface area (TPSA) is 12.0 Å². The second-order valence-corrected chi connectivity index (χ2v) is 7.81. The van der Waals surface area contributed by atoms with Crippen molar-refractivity contribution in [1.82, 2.24) is 5.32 Å². The highest BCUT2D eigenvalue weighted by atomic mass is 32.1. The molecule has 0 saturated heterocycles. The zero-order chi connectivity index (χ0) is 14.4. The first-order chi connectivity index (χ1) is 10.3. The third kappa shape index (κ3) is 2.25. The second-order valence-electron chi connectivity index (χ2n) is 6.49. The van der Waals surface area contributed by atoms with Crippen molar-refractivity contribution in [1.29, 1.82) is 0 Å². The Morgan fingerprint density at radius 1 is 1.24 bits per heavy atom. The van der Waals surface area contributed by atoms with Crippen molar-refractivity contribution >= 4 is 11.3 Å². The molecule has 21 heavy (non-hydrogen) atoms. The van der Waals surface area contributed by atoms with Crippen LogP contribution in [0.15, 0.2) is 36.4 Å². The summed E-state index contributed by atoms with van der Waals surface area (Å²) in [6.45, 7) is 5.50. The highest BCUT2D eigenvalue weighted by Crippen LogP contribution is 2.64. The number of hydrogen-bond acceptors (Lipinski definition) is 2. The minimum Gasteiger partial charge on any atom is -0.309 e. The Balaban J connectivity index is 1.65. The van der Waals surface area contributed by atoms with Crippen LogP contribution in [0.3, 0.4) is 0 Å². The lowest BCUT2D eigenvalue weighted by Crippen LogP contribution is -2.22. The van der Waals surface area contributed by atoms with Crippen LogP contribution in [0.2, 0.25) is 0 Å².